The van der Waals surface area contributed by atoms with Crippen molar-refractivity contribution in [3.63, 3.8) is 0 Å². The topological polar surface area (TPSA) is 75.9 Å². The molecule has 0 radical (unpaired) electrons. The molecule has 0 saturated heterocycles. The Hall–Kier alpha value is -2.14. The van der Waals surface area contributed by atoms with E-state index in [0.717, 1.165) is 11.4 Å². The number of nitrogens with two attached hydrogens (primary N) is 1. The van der Waals surface area contributed by atoms with E-state index in [-0.39, 0.29) is 6.04 Å². The predicted octanol–water partition coefficient (Wildman–Crippen LogP) is 2.24. The molecule has 5 heteroatoms. The average molecular weight is 243 g/mol. The van der Waals surface area contributed by atoms with Gasteiger partial charge >= 0.3 is 0 Å². The molecular weight excluding hydrogens is 226 g/mol. The van der Waals surface area contributed by atoms with E-state index in [4.69, 9.17) is 5.84 Å². The molecule has 0 saturated carbocycles. The van der Waals surface area contributed by atoms with Gasteiger partial charge in [-0.3, -0.25) is 5.43 Å². The number of hydrogen-bond donors (Lipinski definition) is 3. The second-order valence-corrected chi connectivity index (χ2v) is 4.15. The van der Waals surface area contributed by atoms with Crippen LogP contribution in [0, 0.1) is 6.92 Å². The van der Waals surface area contributed by atoms with E-state index in [0.29, 0.717) is 5.95 Å². The minimum Gasteiger partial charge on any atom is -0.363 e. The zero-order valence-corrected chi connectivity index (χ0v) is 10.5. The normalized spacial score (nSPS) is 11.9. The average Bonchev–Trinajstić information content (AvgIpc) is 2.42. The fourth-order valence-electron chi connectivity index (χ4n) is 1.69. The molecule has 18 heavy (non-hydrogen) atoms. The van der Waals surface area contributed by atoms with E-state index in [2.05, 4.69) is 39.8 Å². The first-order valence-electron chi connectivity index (χ1n) is 5.82. The van der Waals surface area contributed by atoms with Gasteiger partial charge in [-0.25, -0.2) is 10.8 Å². The summed E-state index contributed by atoms with van der Waals surface area (Å²) in [6.07, 6.45) is 1.74. The molecule has 2 aromatic rings. The van der Waals surface area contributed by atoms with Gasteiger partial charge in [0.25, 0.3) is 0 Å². The van der Waals surface area contributed by atoms with Crippen molar-refractivity contribution in [2.45, 2.75) is 19.9 Å². The lowest BCUT2D eigenvalue weighted by atomic mass is 10.1. The fourth-order valence-corrected chi connectivity index (χ4v) is 1.69. The Kier molecular flexibility index (Phi) is 3.74. The van der Waals surface area contributed by atoms with Crippen molar-refractivity contribution in [2.24, 2.45) is 5.84 Å². The first-order valence-corrected chi connectivity index (χ1v) is 5.82. The summed E-state index contributed by atoms with van der Waals surface area (Å²) in [5.41, 5.74) is 4.63. The third-order valence-corrected chi connectivity index (χ3v) is 2.75. The van der Waals surface area contributed by atoms with E-state index >= 15 is 0 Å². The number of anilines is 2. The lowest BCUT2D eigenvalue weighted by Gasteiger charge is -2.16. The van der Waals surface area contributed by atoms with Crippen molar-refractivity contribution in [1.29, 1.82) is 0 Å². The van der Waals surface area contributed by atoms with Crippen molar-refractivity contribution in [1.82, 2.24) is 9.97 Å². The van der Waals surface area contributed by atoms with Gasteiger partial charge in [0.15, 0.2) is 0 Å². The lowest BCUT2D eigenvalue weighted by molar-refractivity contribution is 0.868. The Morgan fingerprint density at radius 2 is 1.94 bits per heavy atom. The first kappa shape index (κ1) is 12.3. The Morgan fingerprint density at radius 3 is 2.61 bits per heavy atom. The second kappa shape index (κ2) is 5.46. The van der Waals surface area contributed by atoms with Crippen LogP contribution in [0.25, 0.3) is 0 Å². The maximum Gasteiger partial charge on any atom is 0.239 e. The van der Waals surface area contributed by atoms with Gasteiger partial charge in [0.2, 0.25) is 5.95 Å². The van der Waals surface area contributed by atoms with Crippen LogP contribution in [-0.2, 0) is 0 Å². The summed E-state index contributed by atoms with van der Waals surface area (Å²) in [4.78, 5) is 8.35. The van der Waals surface area contributed by atoms with E-state index in [1.165, 1.54) is 5.56 Å². The van der Waals surface area contributed by atoms with Crippen LogP contribution in [0.3, 0.4) is 0 Å². The zero-order valence-electron chi connectivity index (χ0n) is 10.5. The Balaban J connectivity index is 2.18. The van der Waals surface area contributed by atoms with Gasteiger partial charge in [0.05, 0.1) is 0 Å². The SMILES string of the molecule is Cc1cnc(NN)nc1NC(C)c1ccccc1. The smallest absolute Gasteiger partial charge is 0.239 e. The highest BCUT2D eigenvalue weighted by molar-refractivity contribution is 5.47. The summed E-state index contributed by atoms with van der Waals surface area (Å²) in [6.45, 7) is 4.05. The molecule has 0 aliphatic rings. The quantitative estimate of drug-likeness (QED) is 0.567. The van der Waals surface area contributed by atoms with Crippen molar-refractivity contribution in [3.8, 4) is 0 Å². The van der Waals surface area contributed by atoms with Crippen LogP contribution in [0.4, 0.5) is 11.8 Å². The fraction of sp³-hybridized carbons (Fsp3) is 0.231. The summed E-state index contributed by atoms with van der Waals surface area (Å²) in [5.74, 6) is 6.50. The summed E-state index contributed by atoms with van der Waals surface area (Å²) in [7, 11) is 0. The van der Waals surface area contributed by atoms with Crippen LogP contribution in [-0.4, -0.2) is 9.97 Å². The molecule has 0 fully saturated rings. The first-order chi connectivity index (χ1) is 8.70. The largest absolute Gasteiger partial charge is 0.363 e. The Morgan fingerprint density at radius 1 is 1.22 bits per heavy atom. The van der Waals surface area contributed by atoms with Gasteiger partial charge in [-0.1, -0.05) is 30.3 Å². The molecule has 2 rings (SSSR count). The molecule has 1 unspecified atom stereocenters. The molecule has 0 aliphatic heterocycles. The number of nitrogen functional groups attached to an aromatic ring is 1. The van der Waals surface area contributed by atoms with Crippen LogP contribution < -0.4 is 16.6 Å². The Bertz CT molecular complexity index is 512. The molecule has 4 N–H and O–H groups in total. The molecule has 0 amide bonds. The van der Waals surface area contributed by atoms with Crippen LogP contribution >= 0.6 is 0 Å². The van der Waals surface area contributed by atoms with Gasteiger partial charge in [-0.15, -0.1) is 0 Å². The summed E-state index contributed by atoms with van der Waals surface area (Å²) in [6, 6.07) is 10.4. The monoisotopic (exact) mass is 243 g/mol. The number of rotatable bonds is 4. The number of benzene rings is 1. The van der Waals surface area contributed by atoms with E-state index in [1.54, 1.807) is 6.20 Å². The number of aromatic nitrogens is 2. The molecule has 94 valence electrons. The maximum absolute atomic E-state index is 5.31. The molecule has 1 heterocycles. The number of aryl methyl sites for hydroxylation is 1. The molecule has 1 atom stereocenters. The zero-order chi connectivity index (χ0) is 13.0. The highest BCUT2D eigenvalue weighted by atomic mass is 15.3. The van der Waals surface area contributed by atoms with Gasteiger partial charge < -0.3 is 5.32 Å². The summed E-state index contributed by atoms with van der Waals surface area (Å²) >= 11 is 0. The van der Waals surface area contributed by atoms with E-state index < -0.39 is 0 Å². The Labute approximate surface area is 106 Å². The molecule has 1 aromatic heterocycles. The van der Waals surface area contributed by atoms with Crippen LogP contribution in [0.1, 0.15) is 24.1 Å². The number of nitrogens with zero attached hydrogens (tertiary/aromatic N) is 2. The molecule has 0 bridgehead atoms. The summed E-state index contributed by atoms with van der Waals surface area (Å²) in [5, 5.41) is 3.35. The van der Waals surface area contributed by atoms with Crippen molar-refractivity contribution < 1.29 is 0 Å². The molecule has 1 aromatic carbocycles. The minimum atomic E-state index is 0.172. The third kappa shape index (κ3) is 2.75. The van der Waals surface area contributed by atoms with Crippen LogP contribution in [0.15, 0.2) is 36.5 Å². The van der Waals surface area contributed by atoms with Crippen LogP contribution in [0.2, 0.25) is 0 Å². The lowest BCUT2D eigenvalue weighted by Crippen LogP contribution is -2.14. The highest BCUT2D eigenvalue weighted by Gasteiger charge is 2.08. The molecule has 5 nitrogen and oxygen atoms in total. The molecule has 0 aliphatic carbocycles. The minimum absolute atomic E-state index is 0.172. The summed E-state index contributed by atoms with van der Waals surface area (Å²) < 4.78 is 0. The molecule has 0 spiro atoms. The van der Waals surface area contributed by atoms with Crippen molar-refractivity contribution in [3.05, 3.63) is 47.7 Å². The second-order valence-electron chi connectivity index (χ2n) is 4.15. The van der Waals surface area contributed by atoms with Gasteiger partial charge in [-0.2, -0.15) is 4.98 Å². The van der Waals surface area contributed by atoms with Crippen LogP contribution in [0.5, 0.6) is 0 Å². The molecular formula is C13H17N5. The van der Waals surface area contributed by atoms with Gasteiger partial charge in [0, 0.05) is 17.8 Å². The maximum atomic E-state index is 5.31. The van der Waals surface area contributed by atoms with Gasteiger partial charge in [0.1, 0.15) is 5.82 Å². The van der Waals surface area contributed by atoms with E-state index in [1.807, 2.05) is 25.1 Å². The standard InChI is InChI=1S/C13H17N5/c1-9-8-15-13(18-14)17-12(9)16-10(2)11-6-4-3-5-7-11/h3-8,10H,14H2,1-2H3,(H2,15,16,17,18). The number of hydrogen-bond acceptors (Lipinski definition) is 5. The van der Waals surface area contributed by atoms with Crippen molar-refractivity contribution >= 4 is 11.8 Å². The predicted molar refractivity (Wildman–Crippen MR) is 73.1 cm³/mol. The highest BCUT2D eigenvalue weighted by Crippen LogP contribution is 2.20. The van der Waals surface area contributed by atoms with Crippen molar-refractivity contribution in [2.75, 3.05) is 10.7 Å². The third-order valence-electron chi connectivity index (χ3n) is 2.75. The number of hydrazine groups is 1. The van der Waals surface area contributed by atoms with E-state index in [9.17, 15) is 0 Å². The number of nitrogens with one attached hydrogen (secondary N) is 2. The van der Waals surface area contributed by atoms with Gasteiger partial charge in [-0.05, 0) is 19.4 Å².